The van der Waals surface area contributed by atoms with Gasteiger partial charge >= 0.3 is 6.80 Å². The lowest BCUT2D eigenvalue weighted by atomic mass is 9.91. The molecule has 0 aromatic heterocycles. The van der Waals surface area contributed by atoms with Crippen LogP contribution in [0.25, 0.3) is 0 Å². The molecule has 1 heterocycles. The molecule has 2 atom stereocenters. The molecule has 76 valence electrons. The Labute approximate surface area is 84.3 Å². The monoisotopic (exact) mass is 222 g/mol. The summed E-state index contributed by atoms with van der Waals surface area (Å²) in [6.07, 6.45) is 4.77. The van der Waals surface area contributed by atoms with Crippen molar-refractivity contribution in [1.29, 1.82) is 0 Å². The molecule has 3 nitrogen and oxygen atoms in total. The highest BCUT2D eigenvalue weighted by atomic mass is 35.7. The zero-order valence-electron chi connectivity index (χ0n) is 8.11. The van der Waals surface area contributed by atoms with E-state index in [1.54, 1.807) is 0 Å². The molecule has 2 fully saturated rings. The average molecular weight is 223 g/mol. The lowest BCUT2D eigenvalue weighted by Gasteiger charge is -2.28. The number of halogens is 1. The molecular weight excluding hydrogens is 207 g/mol. The molecule has 0 spiro atoms. The van der Waals surface area contributed by atoms with E-state index in [1.165, 1.54) is 12.8 Å². The second-order valence-corrected chi connectivity index (χ2v) is 7.57. The van der Waals surface area contributed by atoms with Crippen molar-refractivity contribution in [1.82, 2.24) is 9.34 Å². The Hall–Kier alpha value is 0.440. The normalized spacial score (nSPS) is 40.5. The number of hydrogen-bond donors (Lipinski definition) is 0. The highest BCUT2D eigenvalue weighted by Gasteiger charge is 2.50. The van der Waals surface area contributed by atoms with Gasteiger partial charge < -0.3 is 0 Å². The van der Waals surface area contributed by atoms with Gasteiger partial charge in [-0.25, -0.2) is 9.34 Å². The van der Waals surface area contributed by atoms with Crippen molar-refractivity contribution in [3.05, 3.63) is 0 Å². The predicted molar refractivity (Wildman–Crippen MR) is 55.0 cm³/mol. The summed E-state index contributed by atoms with van der Waals surface area (Å²) in [6.45, 7) is -2.69. The van der Waals surface area contributed by atoms with Crippen molar-refractivity contribution in [2.45, 2.75) is 37.8 Å². The SMILES string of the molecule is CN1[C@@H]2CCCC[C@H]2N(C)P1(=O)Cl. The van der Waals surface area contributed by atoms with Crippen LogP contribution in [0.3, 0.4) is 0 Å². The molecule has 0 amide bonds. The van der Waals surface area contributed by atoms with E-state index in [-0.39, 0.29) is 0 Å². The van der Waals surface area contributed by atoms with Crippen LogP contribution in [0.4, 0.5) is 0 Å². The second-order valence-electron chi connectivity index (χ2n) is 4.04. The van der Waals surface area contributed by atoms with Gasteiger partial charge in [0.2, 0.25) is 0 Å². The number of likely N-dealkylation sites (N-methyl/N-ethyl adjacent to an activating group) is 2. The first kappa shape index (κ1) is 9.97. The molecule has 0 N–H and O–H groups in total. The average Bonchev–Trinajstić information content (AvgIpc) is 2.30. The highest BCUT2D eigenvalue weighted by molar-refractivity contribution is 7.85. The molecule has 13 heavy (non-hydrogen) atoms. The van der Waals surface area contributed by atoms with Gasteiger partial charge in [-0.1, -0.05) is 12.8 Å². The van der Waals surface area contributed by atoms with Gasteiger partial charge in [-0.3, -0.25) is 4.57 Å². The molecule has 2 aliphatic rings. The summed E-state index contributed by atoms with van der Waals surface area (Å²) in [6, 6.07) is 0.837. The third-order valence-electron chi connectivity index (χ3n) is 3.43. The topological polar surface area (TPSA) is 23.6 Å². The van der Waals surface area contributed by atoms with Gasteiger partial charge in [0.1, 0.15) is 0 Å². The smallest absolute Gasteiger partial charge is 0.271 e. The molecule has 1 aliphatic carbocycles. The molecule has 0 aromatic carbocycles. The molecule has 0 bridgehead atoms. The van der Waals surface area contributed by atoms with Crippen LogP contribution in [0.1, 0.15) is 25.7 Å². The third-order valence-corrected chi connectivity index (χ3v) is 7.01. The quantitative estimate of drug-likeness (QED) is 0.589. The van der Waals surface area contributed by atoms with Gasteiger partial charge in [-0.2, -0.15) is 0 Å². The van der Waals surface area contributed by atoms with Gasteiger partial charge in [-0.05, 0) is 38.2 Å². The Morgan fingerprint density at radius 3 is 1.92 bits per heavy atom. The molecule has 2 rings (SSSR count). The maximum atomic E-state index is 12.1. The van der Waals surface area contributed by atoms with Crippen molar-refractivity contribution in [3.63, 3.8) is 0 Å². The van der Waals surface area contributed by atoms with E-state index in [0.717, 1.165) is 12.8 Å². The molecule has 1 saturated carbocycles. The van der Waals surface area contributed by atoms with Crippen molar-refractivity contribution in [3.8, 4) is 0 Å². The van der Waals surface area contributed by atoms with Crippen molar-refractivity contribution in [2.24, 2.45) is 0 Å². The maximum Gasteiger partial charge on any atom is 0.304 e. The maximum absolute atomic E-state index is 12.1. The van der Waals surface area contributed by atoms with E-state index < -0.39 is 6.80 Å². The first-order chi connectivity index (χ1) is 6.05. The molecule has 1 saturated heterocycles. The highest BCUT2D eigenvalue weighted by Crippen LogP contribution is 2.65. The molecular formula is C8H16ClN2OP. The fourth-order valence-electron chi connectivity index (χ4n) is 2.55. The Kier molecular flexibility index (Phi) is 2.48. The Morgan fingerprint density at radius 1 is 1.15 bits per heavy atom. The Balaban J connectivity index is 2.28. The van der Waals surface area contributed by atoms with Gasteiger partial charge in [0.05, 0.1) is 0 Å². The van der Waals surface area contributed by atoms with E-state index in [2.05, 4.69) is 0 Å². The van der Waals surface area contributed by atoms with Crippen LogP contribution >= 0.6 is 18.0 Å². The van der Waals surface area contributed by atoms with Crippen LogP contribution in [-0.2, 0) is 4.57 Å². The summed E-state index contributed by atoms with van der Waals surface area (Å²) >= 11 is 6.05. The summed E-state index contributed by atoms with van der Waals surface area (Å²) in [5, 5.41) is 0. The zero-order valence-corrected chi connectivity index (χ0v) is 9.76. The first-order valence-electron chi connectivity index (χ1n) is 4.81. The molecule has 0 radical (unpaired) electrons. The molecule has 1 aliphatic heterocycles. The second kappa shape index (κ2) is 3.23. The van der Waals surface area contributed by atoms with Crippen LogP contribution < -0.4 is 0 Å². The third kappa shape index (κ3) is 1.37. The summed E-state index contributed by atoms with van der Waals surface area (Å²) in [5.41, 5.74) is 0. The molecule has 0 aromatic rings. The van der Waals surface area contributed by atoms with Gasteiger partial charge in [0.15, 0.2) is 0 Å². The van der Waals surface area contributed by atoms with E-state index in [0.29, 0.717) is 12.1 Å². The Bertz CT molecular complexity index is 239. The number of fused-ring (bicyclic) bond motifs is 1. The van der Waals surface area contributed by atoms with Crippen LogP contribution in [0, 0.1) is 0 Å². The summed E-state index contributed by atoms with van der Waals surface area (Å²) in [5.74, 6) is 0. The van der Waals surface area contributed by atoms with Gasteiger partial charge in [-0.15, -0.1) is 0 Å². The van der Waals surface area contributed by atoms with Crippen molar-refractivity contribution >= 4 is 18.0 Å². The van der Waals surface area contributed by atoms with Crippen LogP contribution in [0.5, 0.6) is 0 Å². The van der Waals surface area contributed by atoms with E-state index in [9.17, 15) is 4.57 Å². The first-order valence-corrected chi connectivity index (χ1v) is 7.33. The van der Waals surface area contributed by atoms with Gasteiger partial charge in [0, 0.05) is 12.1 Å². The lowest BCUT2D eigenvalue weighted by Crippen LogP contribution is -2.37. The van der Waals surface area contributed by atoms with E-state index in [1.807, 2.05) is 23.4 Å². The number of rotatable bonds is 0. The summed E-state index contributed by atoms with van der Waals surface area (Å²) in [7, 11) is 3.78. The van der Waals surface area contributed by atoms with Crippen molar-refractivity contribution in [2.75, 3.05) is 14.1 Å². The number of hydrogen-bond acceptors (Lipinski definition) is 1. The fraction of sp³-hybridized carbons (Fsp3) is 1.00. The summed E-state index contributed by atoms with van der Waals surface area (Å²) < 4.78 is 15.8. The van der Waals surface area contributed by atoms with E-state index in [4.69, 9.17) is 11.2 Å². The predicted octanol–water partition coefficient (Wildman–Crippen LogP) is 2.52. The minimum Gasteiger partial charge on any atom is -0.271 e. The summed E-state index contributed by atoms with van der Waals surface area (Å²) in [4.78, 5) is 0. The standard InChI is InChI=1S/C8H16ClN2OP/c1-10-7-5-3-4-6-8(7)11(2)13(10,9)12/h7-8H,3-6H2,1-2H3/t7-,8-/m1/s1. The van der Waals surface area contributed by atoms with E-state index >= 15 is 0 Å². The minimum absolute atomic E-state index is 0.419. The van der Waals surface area contributed by atoms with Gasteiger partial charge in [0.25, 0.3) is 0 Å². The van der Waals surface area contributed by atoms with Crippen molar-refractivity contribution < 1.29 is 4.57 Å². The number of nitrogens with zero attached hydrogens (tertiary/aromatic N) is 2. The lowest BCUT2D eigenvalue weighted by molar-refractivity contribution is 0.233. The van der Waals surface area contributed by atoms with Crippen LogP contribution in [-0.4, -0.2) is 35.5 Å². The Morgan fingerprint density at radius 2 is 1.54 bits per heavy atom. The fourth-order valence-corrected chi connectivity index (χ4v) is 4.94. The molecule has 5 heteroatoms. The largest absolute Gasteiger partial charge is 0.304 e. The minimum atomic E-state index is -2.69. The van der Waals surface area contributed by atoms with Crippen LogP contribution in [0.2, 0.25) is 0 Å². The molecule has 0 unspecified atom stereocenters. The zero-order chi connectivity index (χ0) is 9.64. The van der Waals surface area contributed by atoms with Crippen LogP contribution in [0.15, 0.2) is 0 Å².